The SMILES string of the molecule is CC[NH+]1CCC[C@@H]1CN(Cc1nccs1)C(=O)c1cc2ccccc2s1. The first-order valence-electron chi connectivity index (χ1n) is 9.25. The average Bonchev–Trinajstić information content (AvgIpc) is 3.40. The van der Waals surface area contributed by atoms with Crippen LogP contribution in [0, 0.1) is 0 Å². The molecule has 4 nitrogen and oxygen atoms in total. The molecule has 1 aliphatic heterocycles. The molecule has 0 saturated carbocycles. The van der Waals surface area contributed by atoms with Crippen LogP contribution in [0.4, 0.5) is 0 Å². The lowest BCUT2D eigenvalue weighted by molar-refractivity contribution is -0.909. The van der Waals surface area contributed by atoms with Crippen LogP contribution in [-0.4, -0.2) is 41.5 Å². The molecule has 26 heavy (non-hydrogen) atoms. The van der Waals surface area contributed by atoms with Crippen molar-refractivity contribution >= 4 is 38.7 Å². The van der Waals surface area contributed by atoms with Crippen molar-refractivity contribution in [3.63, 3.8) is 0 Å². The van der Waals surface area contributed by atoms with Crippen LogP contribution in [0.3, 0.4) is 0 Å². The summed E-state index contributed by atoms with van der Waals surface area (Å²) in [5, 5.41) is 4.14. The van der Waals surface area contributed by atoms with Crippen molar-refractivity contribution in [3.05, 3.63) is 51.8 Å². The van der Waals surface area contributed by atoms with E-state index in [0.717, 1.165) is 28.4 Å². The molecule has 3 heterocycles. The van der Waals surface area contributed by atoms with Crippen LogP contribution >= 0.6 is 22.7 Å². The van der Waals surface area contributed by atoms with Crippen LogP contribution in [0.5, 0.6) is 0 Å². The first-order chi connectivity index (χ1) is 12.7. The van der Waals surface area contributed by atoms with Gasteiger partial charge >= 0.3 is 0 Å². The predicted molar refractivity (Wildman–Crippen MR) is 108 cm³/mol. The highest BCUT2D eigenvalue weighted by atomic mass is 32.1. The molecule has 1 aromatic carbocycles. The van der Waals surface area contributed by atoms with Crippen LogP contribution in [0.1, 0.15) is 34.4 Å². The number of thiophene rings is 1. The summed E-state index contributed by atoms with van der Waals surface area (Å²) in [6.07, 6.45) is 4.29. The second kappa shape index (κ2) is 7.86. The minimum Gasteiger partial charge on any atom is -0.331 e. The van der Waals surface area contributed by atoms with Crippen molar-refractivity contribution in [2.75, 3.05) is 19.6 Å². The smallest absolute Gasteiger partial charge is 0.264 e. The van der Waals surface area contributed by atoms with Gasteiger partial charge in [0.2, 0.25) is 0 Å². The highest BCUT2D eigenvalue weighted by Gasteiger charge is 2.31. The maximum Gasteiger partial charge on any atom is 0.264 e. The molecule has 1 N–H and O–H groups in total. The van der Waals surface area contributed by atoms with Gasteiger partial charge in [-0.05, 0) is 24.4 Å². The lowest BCUT2D eigenvalue weighted by Gasteiger charge is -2.27. The highest BCUT2D eigenvalue weighted by molar-refractivity contribution is 7.20. The van der Waals surface area contributed by atoms with Gasteiger partial charge in [-0.2, -0.15) is 0 Å². The number of rotatable bonds is 6. The van der Waals surface area contributed by atoms with Crippen LogP contribution in [0.25, 0.3) is 10.1 Å². The third kappa shape index (κ3) is 3.68. The number of likely N-dealkylation sites (N-methyl/N-ethyl adjacent to an activating group) is 1. The number of amides is 1. The summed E-state index contributed by atoms with van der Waals surface area (Å²) in [5.74, 6) is 0.142. The van der Waals surface area contributed by atoms with Gasteiger partial charge in [0.1, 0.15) is 11.0 Å². The minimum absolute atomic E-state index is 0.142. The highest BCUT2D eigenvalue weighted by Crippen LogP contribution is 2.27. The molecule has 0 spiro atoms. The second-order valence-corrected chi connectivity index (χ2v) is 8.92. The topological polar surface area (TPSA) is 37.6 Å². The fourth-order valence-corrected chi connectivity index (χ4v) is 5.55. The van der Waals surface area contributed by atoms with Crippen molar-refractivity contribution in [2.24, 2.45) is 0 Å². The predicted octanol–water partition coefficient (Wildman–Crippen LogP) is 3.07. The Labute approximate surface area is 162 Å². The molecule has 4 rings (SSSR count). The van der Waals surface area contributed by atoms with Gasteiger partial charge in [-0.1, -0.05) is 18.2 Å². The number of carbonyl (C=O) groups is 1. The number of nitrogens with zero attached hydrogens (tertiary/aromatic N) is 2. The van der Waals surface area contributed by atoms with Gasteiger partial charge in [-0.25, -0.2) is 4.98 Å². The monoisotopic (exact) mass is 386 g/mol. The average molecular weight is 387 g/mol. The van der Waals surface area contributed by atoms with Gasteiger partial charge in [0.15, 0.2) is 0 Å². The van der Waals surface area contributed by atoms with E-state index in [1.54, 1.807) is 27.6 Å². The molecule has 0 aliphatic carbocycles. The number of hydrogen-bond donors (Lipinski definition) is 1. The number of hydrogen-bond acceptors (Lipinski definition) is 4. The Morgan fingerprint density at radius 2 is 2.27 bits per heavy atom. The Bertz CT molecular complexity index is 841. The van der Waals surface area contributed by atoms with Gasteiger partial charge in [0.05, 0.1) is 31.1 Å². The van der Waals surface area contributed by atoms with E-state index in [9.17, 15) is 4.79 Å². The molecule has 3 aromatic rings. The molecule has 1 aliphatic rings. The number of nitrogens with one attached hydrogen (secondary N) is 1. The fourth-order valence-electron chi connectivity index (χ4n) is 3.89. The van der Waals surface area contributed by atoms with E-state index in [1.165, 1.54) is 24.1 Å². The molecule has 136 valence electrons. The van der Waals surface area contributed by atoms with E-state index < -0.39 is 0 Å². The third-order valence-electron chi connectivity index (χ3n) is 5.26. The van der Waals surface area contributed by atoms with Crippen LogP contribution in [0.2, 0.25) is 0 Å². The molecule has 1 amide bonds. The van der Waals surface area contributed by atoms with E-state index in [0.29, 0.717) is 12.6 Å². The molecule has 1 unspecified atom stereocenters. The number of fused-ring (bicyclic) bond motifs is 1. The maximum absolute atomic E-state index is 13.3. The third-order valence-corrected chi connectivity index (χ3v) is 7.12. The quantitative estimate of drug-likeness (QED) is 0.707. The lowest BCUT2D eigenvalue weighted by atomic mass is 10.2. The van der Waals surface area contributed by atoms with E-state index in [4.69, 9.17) is 0 Å². The number of aromatic nitrogens is 1. The summed E-state index contributed by atoms with van der Waals surface area (Å²) in [5.41, 5.74) is 0. The largest absolute Gasteiger partial charge is 0.331 e. The zero-order chi connectivity index (χ0) is 17.9. The molecule has 2 atom stereocenters. The van der Waals surface area contributed by atoms with E-state index in [1.807, 2.05) is 34.7 Å². The Morgan fingerprint density at radius 3 is 3.04 bits per heavy atom. The van der Waals surface area contributed by atoms with Gasteiger partial charge in [-0.15, -0.1) is 22.7 Å². The first-order valence-corrected chi connectivity index (χ1v) is 10.9. The van der Waals surface area contributed by atoms with Crippen molar-refractivity contribution in [3.8, 4) is 0 Å². The summed E-state index contributed by atoms with van der Waals surface area (Å²) in [6, 6.07) is 10.8. The van der Waals surface area contributed by atoms with E-state index in [-0.39, 0.29) is 5.91 Å². The van der Waals surface area contributed by atoms with E-state index in [2.05, 4.69) is 24.0 Å². The number of likely N-dealkylation sites (tertiary alicyclic amines) is 1. The Morgan fingerprint density at radius 1 is 1.38 bits per heavy atom. The van der Waals surface area contributed by atoms with Gasteiger partial charge in [0, 0.05) is 29.1 Å². The molecule has 6 heteroatoms. The zero-order valence-corrected chi connectivity index (χ0v) is 16.6. The van der Waals surface area contributed by atoms with Crippen molar-refractivity contribution in [2.45, 2.75) is 32.4 Å². The fraction of sp³-hybridized carbons (Fsp3) is 0.400. The lowest BCUT2D eigenvalue weighted by Crippen LogP contribution is -3.14. The summed E-state index contributed by atoms with van der Waals surface area (Å²) in [4.78, 5) is 22.2. The Kier molecular flexibility index (Phi) is 5.33. The van der Waals surface area contributed by atoms with Crippen molar-refractivity contribution < 1.29 is 9.69 Å². The number of benzene rings is 1. The molecular weight excluding hydrogens is 362 g/mol. The summed E-state index contributed by atoms with van der Waals surface area (Å²) in [7, 11) is 0. The van der Waals surface area contributed by atoms with Crippen molar-refractivity contribution in [1.82, 2.24) is 9.88 Å². The minimum atomic E-state index is 0.142. The van der Waals surface area contributed by atoms with E-state index >= 15 is 0 Å². The standard InChI is InChI=1S/C20H23N3OS2/c1-2-22-10-5-7-16(22)13-23(14-19-21-9-11-25-19)20(24)18-12-15-6-3-4-8-17(15)26-18/h3-4,6,8-9,11-12,16H,2,5,7,10,13-14H2,1H3/p+1/t16-/m1/s1. The maximum atomic E-state index is 13.3. The van der Waals surface area contributed by atoms with Crippen LogP contribution < -0.4 is 4.90 Å². The zero-order valence-electron chi connectivity index (χ0n) is 15.0. The van der Waals surface area contributed by atoms with Crippen molar-refractivity contribution in [1.29, 1.82) is 0 Å². The second-order valence-electron chi connectivity index (χ2n) is 6.86. The molecule has 0 bridgehead atoms. The van der Waals surface area contributed by atoms with Crippen LogP contribution in [0.15, 0.2) is 41.9 Å². The van der Waals surface area contributed by atoms with Gasteiger partial charge < -0.3 is 9.80 Å². The normalized spacial score (nSPS) is 19.9. The summed E-state index contributed by atoms with van der Waals surface area (Å²) >= 11 is 3.22. The van der Waals surface area contributed by atoms with Gasteiger partial charge in [0.25, 0.3) is 5.91 Å². The molecular formula is C20H24N3OS2+. The molecule has 1 saturated heterocycles. The molecule has 0 radical (unpaired) electrons. The number of thiazole rings is 1. The Balaban J connectivity index is 1.59. The van der Waals surface area contributed by atoms with Crippen LogP contribution in [-0.2, 0) is 6.54 Å². The van der Waals surface area contributed by atoms with Gasteiger partial charge in [-0.3, -0.25) is 4.79 Å². The molecule has 1 fully saturated rings. The Hall–Kier alpha value is -1.76. The molecule has 2 aromatic heterocycles. The first kappa shape index (κ1) is 17.6. The number of carbonyl (C=O) groups excluding carboxylic acids is 1. The summed E-state index contributed by atoms with van der Waals surface area (Å²) < 4.78 is 1.17. The number of quaternary nitrogens is 1. The summed E-state index contributed by atoms with van der Waals surface area (Å²) in [6.45, 7) is 6.02.